The van der Waals surface area contributed by atoms with Crippen LogP contribution < -0.4 is 5.32 Å². The van der Waals surface area contributed by atoms with Crippen LogP contribution in [-0.2, 0) is 4.74 Å². The molecule has 6 nitrogen and oxygen atoms in total. The van der Waals surface area contributed by atoms with Gasteiger partial charge in [-0.2, -0.15) is 0 Å². The van der Waals surface area contributed by atoms with Crippen LogP contribution in [0.2, 0.25) is 0 Å². The van der Waals surface area contributed by atoms with Crippen molar-refractivity contribution >= 4 is 22.5 Å². The molecule has 0 saturated carbocycles. The van der Waals surface area contributed by atoms with E-state index < -0.39 is 5.82 Å². The normalized spacial score (nSPS) is 15.5. The maximum absolute atomic E-state index is 13.6. The number of pyridine rings is 1. The second-order valence-electron chi connectivity index (χ2n) is 8.19. The van der Waals surface area contributed by atoms with Gasteiger partial charge in [0, 0.05) is 52.7 Å². The molecule has 1 saturated heterocycles. The Morgan fingerprint density at radius 3 is 2.73 bits per heavy atom. The average molecular weight is 445 g/mol. The number of halogens is 1. The van der Waals surface area contributed by atoms with Gasteiger partial charge in [0.1, 0.15) is 5.82 Å². The van der Waals surface area contributed by atoms with Gasteiger partial charge in [-0.15, -0.1) is 0 Å². The van der Waals surface area contributed by atoms with E-state index in [1.165, 1.54) is 18.2 Å². The number of amides is 1. The summed E-state index contributed by atoms with van der Waals surface area (Å²) in [5.74, 6) is -0.789. The minimum absolute atomic E-state index is 0.0435. The quantitative estimate of drug-likeness (QED) is 0.469. The lowest BCUT2D eigenvalue weighted by Crippen LogP contribution is -2.40. The molecule has 1 amide bonds. The van der Waals surface area contributed by atoms with Crippen LogP contribution in [0.4, 0.5) is 10.1 Å². The predicted octanol–water partition coefficient (Wildman–Crippen LogP) is 4.68. The van der Waals surface area contributed by atoms with Gasteiger partial charge in [0.25, 0.3) is 5.91 Å². The number of aromatic nitrogens is 2. The molecule has 1 atom stereocenters. The Bertz CT molecular complexity index is 1280. The lowest BCUT2D eigenvalue weighted by Gasteiger charge is -2.34. The van der Waals surface area contributed by atoms with Gasteiger partial charge in [-0.25, -0.2) is 4.39 Å². The first-order chi connectivity index (χ1) is 16.1. The number of hydrogen-bond donors (Lipinski definition) is 2. The van der Waals surface area contributed by atoms with Crippen LogP contribution >= 0.6 is 0 Å². The van der Waals surface area contributed by atoms with Crippen molar-refractivity contribution in [2.45, 2.75) is 13.0 Å². The van der Waals surface area contributed by atoms with Crippen LogP contribution in [0.3, 0.4) is 0 Å². The Morgan fingerprint density at radius 2 is 1.97 bits per heavy atom. The molecule has 2 N–H and O–H groups in total. The monoisotopic (exact) mass is 444 g/mol. The summed E-state index contributed by atoms with van der Waals surface area (Å²) in [4.78, 5) is 23.2. The van der Waals surface area contributed by atoms with Crippen LogP contribution in [0.5, 0.6) is 0 Å². The van der Waals surface area contributed by atoms with E-state index >= 15 is 0 Å². The molecule has 0 spiro atoms. The fourth-order valence-electron chi connectivity index (χ4n) is 4.50. The molecule has 1 aliphatic rings. The minimum atomic E-state index is -0.439. The molecule has 5 rings (SSSR count). The summed E-state index contributed by atoms with van der Waals surface area (Å²) in [6.07, 6.45) is 1.82. The molecule has 168 valence electrons. The number of benzene rings is 2. The second-order valence-corrected chi connectivity index (χ2v) is 8.19. The van der Waals surface area contributed by atoms with Crippen molar-refractivity contribution in [1.82, 2.24) is 14.9 Å². The number of aryl methyl sites for hydroxylation is 1. The third-order valence-corrected chi connectivity index (χ3v) is 6.03. The van der Waals surface area contributed by atoms with E-state index in [4.69, 9.17) is 4.74 Å². The molecule has 1 aliphatic heterocycles. The molecule has 2 aromatic carbocycles. The molecule has 0 radical (unpaired) electrons. The lowest BCUT2D eigenvalue weighted by atomic mass is 9.97. The Morgan fingerprint density at radius 1 is 1.12 bits per heavy atom. The summed E-state index contributed by atoms with van der Waals surface area (Å²) >= 11 is 0. The van der Waals surface area contributed by atoms with Crippen LogP contribution in [-0.4, -0.2) is 47.1 Å². The number of carbonyl (C=O) groups is 1. The van der Waals surface area contributed by atoms with E-state index in [9.17, 15) is 9.18 Å². The molecule has 1 fully saturated rings. The number of nitrogens with one attached hydrogen (secondary N) is 2. The van der Waals surface area contributed by atoms with Crippen molar-refractivity contribution in [3.63, 3.8) is 0 Å². The van der Waals surface area contributed by atoms with Gasteiger partial charge in [-0.3, -0.25) is 14.7 Å². The van der Waals surface area contributed by atoms with Gasteiger partial charge in [0.15, 0.2) is 0 Å². The van der Waals surface area contributed by atoms with Gasteiger partial charge in [0.05, 0.1) is 24.9 Å². The smallest absolute Gasteiger partial charge is 0.255 e. The maximum atomic E-state index is 13.6. The van der Waals surface area contributed by atoms with Crippen molar-refractivity contribution in [3.05, 3.63) is 95.2 Å². The Hall–Kier alpha value is -3.55. The molecule has 3 heterocycles. The number of H-pyrrole nitrogens is 1. The van der Waals surface area contributed by atoms with E-state index in [0.717, 1.165) is 40.9 Å². The number of ether oxygens (including phenoxy) is 1. The van der Waals surface area contributed by atoms with Crippen LogP contribution in [0, 0.1) is 12.7 Å². The summed E-state index contributed by atoms with van der Waals surface area (Å²) < 4.78 is 19.1. The SMILES string of the molecule is Cc1[nH]c2ccc(NC(=O)c3cccc(F)c3)cc2c1C(c1ccccn1)N1CCOCC1. The molecular weight excluding hydrogens is 419 g/mol. The molecule has 33 heavy (non-hydrogen) atoms. The highest BCUT2D eigenvalue weighted by Gasteiger charge is 2.29. The van der Waals surface area contributed by atoms with Gasteiger partial charge < -0.3 is 15.0 Å². The number of carbonyl (C=O) groups excluding carboxylic acids is 1. The molecular formula is C26H25FN4O2. The molecule has 1 unspecified atom stereocenters. The topological polar surface area (TPSA) is 70.2 Å². The number of aromatic amines is 1. The number of fused-ring (bicyclic) bond motifs is 1. The Kier molecular flexibility index (Phi) is 5.90. The highest BCUT2D eigenvalue weighted by molar-refractivity contribution is 6.05. The minimum Gasteiger partial charge on any atom is -0.379 e. The van der Waals surface area contributed by atoms with Gasteiger partial charge in [-0.05, 0) is 55.5 Å². The Balaban J connectivity index is 1.55. The first-order valence-corrected chi connectivity index (χ1v) is 11.0. The summed E-state index contributed by atoms with van der Waals surface area (Å²) in [6, 6.07) is 17.4. The fraction of sp³-hybridized carbons (Fsp3) is 0.231. The first-order valence-electron chi connectivity index (χ1n) is 11.0. The number of hydrogen-bond acceptors (Lipinski definition) is 4. The highest BCUT2D eigenvalue weighted by atomic mass is 19.1. The fourth-order valence-corrected chi connectivity index (χ4v) is 4.50. The third kappa shape index (κ3) is 4.37. The van der Waals surface area contributed by atoms with Crippen LogP contribution in [0.25, 0.3) is 10.9 Å². The highest BCUT2D eigenvalue weighted by Crippen LogP contribution is 2.37. The van der Waals surface area contributed by atoms with Crippen molar-refractivity contribution in [3.8, 4) is 0 Å². The van der Waals surface area contributed by atoms with Gasteiger partial charge in [-0.1, -0.05) is 12.1 Å². The standard InChI is InChI=1S/C26H25FN4O2/c1-17-24(25(23-7-2-3-10-28-23)31-11-13-33-14-12-31)21-16-20(8-9-22(21)29-17)30-26(32)18-5-4-6-19(27)15-18/h2-10,15-16,25,29H,11-14H2,1H3,(H,30,32). The third-order valence-electron chi connectivity index (χ3n) is 6.03. The zero-order valence-electron chi connectivity index (χ0n) is 18.3. The number of rotatable bonds is 5. The number of nitrogens with zero attached hydrogens (tertiary/aromatic N) is 2. The first kappa shape index (κ1) is 21.3. The lowest BCUT2D eigenvalue weighted by molar-refractivity contribution is 0.0234. The summed E-state index contributed by atoms with van der Waals surface area (Å²) in [6.45, 7) is 5.04. The molecule has 0 aliphatic carbocycles. The maximum Gasteiger partial charge on any atom is 0.255 e. The van der Waals surface area contributed by atoms with Crippen LogP contribution in [0.15, 0.2) is 66.9 Å². The Labute approximate surface area is 191 Å². The zero-order chi connectivity index (χ0) is 22.8. The van der Waals surface area contributed by atoms with Gasteiger partial charge in [0.2, 0.25) is 0 Å². The largest absolute Gasteiger partial charge is 0.379 e. The predicted molar refractivity (Wildman–Crippen MR) is 126 cm³/mol. The summed E-state index contributed by atoms with van der Waals surface area (Å²) in [5, 5.41) is 3.92. The number of morpholine rings is 1. The van der Waals surface area contributed by atoms with Crippen molar-refractivity contribution in [2.24, 2.45) is 0 Å². The van der Waals surface area contributed by atoms with Crippen molar-refractivity contribution in [2.75, 3.05) is 31.6 Å². The zero-order valence-corrected chi connectivity index (χ0v) is 18.3. The van der Waals surface area contributed by atoms with E-state index in [1.807, 2.05) is 42.6 Å². The molecule has 7 heteroatoms. The summed E-state index contributed by atoms with van der Waals surface area (Å²) in [7, 11) is 0. The van der Waals surface area contributed by atoms with E-state index in [2.05, 4.69) is 27.1 Å². The van der Waals surface area contributed by atoms with E-state index in [1.54, 1.807) is 6.07 Å². The van der Waals surface area contributed by atoms with E-state index in [0.29, 0.717) is 18.9 Å². The molecule has 0 bridgehead atoms. The van der Waals surface area contributed by atoms with E-state index in [-0.39, 0.29) is 17.5 Å². The van der Waals surface area contributed by atoms with Crippen molar-refractivity contribution in [1.29, 1.82) is 0 Å². The second kappa shape index (κ2) is 9.13. The molecule has 2 aromatic heterocycles. The van der Waals surface area contributed by atoms with Gasteiger partial charge >= 0.3 is 0 Å². The summed E-state index contributed by atoms with van der Waals surface area (Å²) in [5.41, 5.74) is 5.07. The number of anilines is 1. The average Bonchev–Trinajstić information content (AvgIpc) is 3.16. The molecule has 4 aromatic rings. The van der Waals surface area contributed by atoms with Crippen LogP contribution in [0.1, 0.15) is 33.4 Å². The van der Waals surface area contributed by atoms with Crippen molar-refractivity contribution < 1.29 is 13.9 Å².